The van der Waals surface area contributed by atoms with Gasteiger partial charge in [0.2, 0.25) is 0 Å². The third-order valence-corrected chi connectivity index (χ3v) is 3.86. The van der Waals surface area contributed by atoms with Gasteiger partial charge in [-0.2, -0.15) is 0 Å². The molecule has 3 rings (SSSR count). The van der Waals surface area contributed by atoms with E-state index in [0.29, 0.717) is 12.1 Å². The van der Waals surface area contributed by atoms with Crippen molar-refractivity contribution in [2.75, 3.05) is 4.90 Å². The second kappa shape index (κ2) is 5.19. The number of hydrogen-bond acceptors (Lipinski definition) is 2. The topological polar surface area (TPSA) is 40.5 Å². The molecule has 1 unspecified atom stereocenters. The lowest BCUT2D eigenvalue weighted by molar-refractivity contribution is -0.135. The number of carbonyl (C=O) groups excluding carboxylic acids is 1. The van der Waals surface area contributed by atoms with Gasteiger partial charge in [0.25, 0.3) is 5.91 Å². The van der Waals surface area contributed by atoms with Gasteiger partial charge in [-0.05, 0) is 11.6 Å². The van der Waals surface area contributed by atoms with Crippen LogP contribution in [0.1, 0.15) is 17.5 Å². The molecule has 106 valence electrons. The van der Waals surface area contributed by atoms with Gasteiger partial charge in [-0.15, -0.1) is 6.58 Å². The van der Waals surface area contributed by atoms with Gasteiger partial charge in [-0.3, -0.25) is 4.79 Å². The number of benzene rings is 2. The number of rotatable bonds is 4. The Balaban J connectivity index is 2.03. The molecule has 1 N–H and O–H groups in total. The Kier molecular flexibility index (Phi) is 3.35. The van der Waals surface area contributed by atoms with Crippen molar-refractivity contribution in [1.82, 2.24) is 0 Å². The molecule has 21 heavy (non-hydrogen) atoms. The van der Waals surface area contributed by atoms with E-state index in [-0.39, 0.29) is 12.3 Å². The van der Waals surface area contributed by atoms with Crippen molar-refractivity contribution in [1.29, 1.82) is 0 Å². The highest BCUT2D eigenvalue weighted by atomic mass is 16.3. The van der Waals surface area contributed by atoms with Gasteiger partial charge in [-0.1, -0.05) is 54.6 Å². The van der Waals surface area contributed by atoms with Crippen molar-refractivity contribution in [3.8, 4) is 0 Å². The van der Waals surface area contributed by atoms with E-state index in [2.05, 4.69) is 6.58 Å². The van der Waals surface area contributed by atoms with E-state index in [4.69, 9.17) is 0 Å². The van der Waals surface area contributed by atoms with Crippen molar-refractivity contribution >= 4 is 11.6 Å². The number of anilines is 1. The standard InChI is InChI=1S/C18H17NO2/c1-2-12-18(21)15-10-6-7-11-16(15)19(17(18)20)13-14-8-4-3-5-9-14/h2-11,21H,1,12-13H2. The van der Waals surface area contributed by atoms with Crippen molar-refractivity contribution in [3.05, 3.63) is 78.4 Å². The van der Waals surface area contributed by atoms with Crippen molar-refractivity contribution in [2.45, 2.75) is 18.6 Å². The molecule has 3 nitrogen and oxygen atoms in total. The average molecular weight is 279 g/mol. The van der Waals surface area contributed by atoms with E-state index < -0.39 is 5.60 Å². The minimum absolute atomic E-state index is 0.216. The maximum Gasteiger partial charge on any atom is 0.264 e. The Morgan fingerprint density at radius 1 is 1.10 bits per heavy atom. The Bertz CT molecular complexity index is 681. The minimum Gasteiger partial charge on any atom is -0.375 e. The largest absolute Gasteiger partial charge is 0.375 e. The lowest BCUT2D eigenvalue weighted by Crippen LogP contribution is -2.39. The third-order valence-electron chi connectivity index (χ3n) is 3.86. The molecular formula is C18H17NO2. The van der Waals surface area contributed by atoms with Crippen LogP contribution in [0.15, 0.2) is 67.3 Å². The van der Waals surface area contributed by atoms with Gasteiger partial charge in [0, 0.05) is 12.0 Å². The van der Waals surface area contributed by atoms with E-state index in [1.54, 1.807) is 11.0 Å². The Morgan fingerprint density at radius 3 is 2.48 bits per heavy atom. The minimum atomic E-state index is -1.49. The molecule has 1 aliphatic heterocycles. The van der Waals surface area contributed by atoms with Crippen molar-refractivity contribution in [3.63, 3.8) is 0 Å². The van der Waals surface area contributed by atoms with Gasteiger partial charge < -0.3 is 10.0 Å². The molecule has 2 aromatic carbocycles. The first-order valence-corrected chi connectivity index (χ1v) is 6.95. The van der Waals surface area contributed by atoms with Gasteiger partial charge in [0.15, 0.2) is 5.60 Å². The Morgan fingerprint density at radius 2 is 1.76 bits per heavy atom. The van der Waals surface area contributed by atoms with E-state index in [1.165, 1.54) is 0 Å². The summed E-state index contributed by atoms with van der Waals surface area (Å²) in [5.41, 5.74) is 0.970. The first kappa shape index (κ1) is 13.6. The Hall–Kier alpha value is -2.39. The molecule has 2 aromatic rings. The maximum atomic E-state index is 12.7. The number of nitrogens with zero attached hydrogens (tertiary/aromatic N) is 1. The number of amides is 1. The summed E-state index contributed by atoms with van der Waals surface area (Å²) in [4.78, 5) is 14.4. The zero-order valence-electron chi connectivity index (χ0n) is 11.7. The first-order chi connectivity index (χ1) is 10.2. The van der Waals surface area contributed by atoms with Crippen LogP contribution >= 0.6 is 0 Å². The summed E-state index contributed by atoms with van der Waals surface area (Å²) in [5.74, 6) is -0.285. The molecule has 0 bridgehead atoms. The average Bonchev–Trinajstić information content (AvgIpc) is 2.72. The van der Waals surface area contributed by atoms with Crippen molar-refractivity contribution in [2.24, 2.45) is 0 Å². The molecular weight excluding hydrogens is 262 g/mol. The summed E-state index contributed by atoms with van der Waals surface area (Å²) in [5, 5.41) is 10.8. The number of fused-ring (bicyclic) bond motifs is 1. The molecule has 0 aromatic heterocycles. The molecule has 1 aliphatic rings. The number of para-hydroxylation sites is 1. The van der Waals surface area contributed by atoms with Gasteiger partial charge in [0.05, 0.1) is 12.2 Å². The van der Waals surface area contributed by atoms with Crippen LogP contribution in [0.2, 0.25) is 0 Å². The molecule has 0 fully saturated rings. The van der Waals surface area contributed by atoms with Crippen LogP contribution in [0.5, 0.6) is 0 Å². The van der Waals surface area contributed by atoms with E-state index in [1.807, 2.05) is 54.6 Å². The molecule has 1 heterocycles. The summed E-state index contributed by atoms with van der Waals surface area (Å²) >= 11 is 0. The highest BCUT2D eigenvalue weighted by Crippen LogP contribution is 2.42. The van der Waals surface area contributed by atoms with E-state index >= 15 is 0 Å². The molecule has 0 spiro atoms. The van der Waals surface area contributed by atoms with Crippen LogP contribution < -0.4 is 4.90 Å². The van der Waals surface area contributed by atoms with Crippen LogP contribution in [0, 0.1) is 0 Å². The molecule has 0 saturated heterocycles. The second-order valence-corrected chi connectivity index (χ2v) is 5.25. The van der Waals surface area contributed by atoms with Crippen molar-refractivity contribution < 1.29 is 9.90 Å². The van der Waals surface area contributed by atoms with E-state index in [9.17, 15) is 9.90 Å². The fourth-order valence-electron chi connectivity index (χ4n) is 2.84. The fraction of sp³-hybridized carbons (Fsp3) is 0.167. The molecule has 0 aliphatic carbocycles. The van der Waals surface area contributed by atoms with Crippen LogP contribution in [-0.2, 0) is 16.9 Å². The van der Waals surface area contributed by atoms with Gasteiger partial charge in [0.1, 0.15) is 0 Å². The monoisotopic (exact) mass is 279 g/mol. The van der Waals surface area contributed by atoms with Crippen LogP contribution in [0.25, 0.3) is 0 Å². The zero-order chi connectivity index (χ0) is 14.9. The smallest absolute Gasteiger partial charge is 0.264 e. The lowest BCUT2D eigenvalue weighted by atomic mass is 9.92. The molecule has 0 radical (unpaired) electrons. The SMILES string of the molecule is C=CCC1(O)C(=O)N(Cc2ccccc2)c2ccccc21. The molecule has 0 saturated carbocycles. The summed E-state index contributed by atoms with van der Waals surface area (Å²) in [6.07, 6.45) is 1.80. The predicted molar refractivity (Wildman–Crippen MR) is 82.8 cm³/mol. The quantitative estimate of drug-likeness (QED) is 0.874. The highest BCUT2D eigenvalue weighted by molar-refractivity contribution is 6.06. The summed E-state index contributed by atoms with van der Waals surface area (Å²) < 4.78 is 0. The van der Waals surface area contributed by atoms with Crippen LogP contribution in [0.4, 0.5) is 5.69 Å². The van der Waals surface area contributed by atoms with Crippen LogP contribution in [0.3, 0.4) is 0 Å². The summed E-state index contributed by atoms with van der Waals surface area (Å²) in [7, 11) is 0. The molecule has 3 heteroatoms. The van der Waals surface area contributed by atoms with Gasteiger partial charge in [-0.25, -0.2) is 0 Å². The molecule has 1 atom stereocenters. The predicted octanol–water partition coefficient (Wildman–Crippen LogP) is 3.00. The Labute approximate surface area is 124 Å². The number of aliphatic hydroxyl groups is 1. The molecule has 1 amide bonds. The summed E-state index contributed by atoms with van der Waals surface area (Å²) in [6, 6.07) is 17.2. The fourth-order valence-corrected chi connectivity index (χ4v) is 2.84. The normalized spacial score (nSPS) is 20.4. The van der Waals surface area contributed by atoms with E-state index in [0.717, 1.165) is 11.3 Å². The second-order valence-electron chi connectivity index (χ2n) is 5.25. The number of carbonyl (C=O) groups is 1. The first-order valence-electron chi connectivity index (χ1n) is 6.95. The van der Waals surface area contributed by atoms with Gasteiger partial charge >= 0.3 is 0 Å². The number of hydrogen-bond donors (Lipinski definition) is 1. The summed E-state index contributed by atoms with van der Waals surface area (Å²) in [6.45, 7) is 4.11. The third kappa shape index (κ3) is 2.16. The lowest BCUT2D eigenvalue weighted by Gasteiger charge is -2.22. The maximum absolute atomic E-state index is 12.7. The highest BCUT2D eigenvalue weighted by Gasteiger charge is 2.48. The van der Waals surface area contributed by atoms with Crippen LogP contribution in [-0.4, -0.2) is 11.0 Å². The zero-order valence-corrected chi connectivity index (χ0v) is 11.7.